The molecule has 0 aliphatic heterocycles. The topological polar surface area (TPSA) is 57.8 Å². The van der Waals surface area contributed by atoms with E-state index < -0.39 is 0 Å². The van der Waals surface area contributed by atoms with Crippen molar-refractivity contribution in [3.05, 3.63) is 57.3 Å². The molecule has 0 aliphatic carbocycles. The molecule has 0 fully saturated rings. The normalized spacial score (nSPS) is 11.1. The minimum atomic E-state index is -0.379. The first-order chi connectivity index (χ1) is 10.5. The van der Waals surface area contributed by atoms with Crippen molar-refractivity contribution in [2.75, 3.05) is 7.05 Å². The molecule has 112 valence electrons. The molecule has 5 heteroatoms. The summed E-state index contributed by atoms with van der Waals surface area (Å²) in [5.74, 6) is -0.379. The summed E-state index contributed by atoms with van der Waals surface area (Å²) in [6, 6.07) is 11.9. The van der Waals surface area contributed by atoms with Crippen LogP contribution in [0, 0.1) is 25.2 Å². The summed E-state index contributed by atoms with van der Waals surface area (Å²) >= 11 is 3.43. The van der Waals surface area contributed by atoms with E-state index in [1.165, 1.54) is 7.05 Å². The summed E-state index contributed by atoms with van der Waals surface area (Å²) in [6.07, 6.45) is 1.62. The number of nitriles is 1. The number of likely N-dealkylation sites (N-methyl/N-ethyl adjacent to an activating group) is 1. The number of aryl methyl sites for hydroxylation is 1. The highest BCUT2D eigenvalue weighted by atomic mass is 79.9. The molecule has 0 aliphatic rings. The van der Waals surface area contributed by atoms with Crippen LogP contribution in [-0.4, -0.2) is 17.5 Å². The Morgan fingerprint density at radius 1 is 1.32 bits per heavy atom. The second-order valence-corrected chi connectivity index (χ2v) is 5.80. The van der Waals surface area contributed by atoms with Gasteiger partial charge in [-0.15, -0.1) is 0 Å². The van der Waals surface area contributed by atoms with E-state index in [2.05, 4.69) is 25.8 Å². The number of amides is 1. The van der Waals surface area contributed by atoms with Gasteiger partial charge < -0.3 is 9.88 Å². The molecule has 1 heterocycles. The fraction of sp³-hybridized carbons (Fsp3) is 0.176. The molecule has 2 aromatic rings. The molecule has 0 bridgehead atoms. The minimum Gasteiger partial charge on any atom is -0.354 e. The predicted molar refractivity (Wildman–Crippen MR) is 90.6 cm³/mol. The van der Waals surface area contributed by atoms with E-state index >= 15 is 0 Å². The number of hydrogen-bond donors (Lipinski definition) is 1. The lowest BCUT2D eigenvalue weighted by Crippen LogP contribution is -2.19. The van der Waals surface area contributed by atoms with E-state index in [0.29, 0.717) is 0 Å². The maximum Gasteiger partial charge on any atom is 0.261 e. The van der Waals surface area contributed by atoms with Crippen LogP contribution in [0.1, 0.15) is 17.0 Å². The zero-order chi connectivity index (χ0) is 16.3. The maximum absolute atomic E-state index is 11.6. The molecule has 0 unspecified atom stereocenters. The number of carbonyl (C=O) groups is 1. The third kappa shape index (κ3) is 3.12. The average Bonchev–Trinajstić information content (AvgIpc) is 2.79. The van der Waals surface area contributed by atoms with Crippen molar-refractivity contribution < 1.29 is 4.79 Å². The van der Waals surface area contributed by atoms with Gasteiger partial charge in [0, 0.05) is 28.6 Å². The summed E-state index contributed by atoms with van der Waals surface area (Å²) < 4.78 is 3.11. The Hall–Kier alpha value is -2.32. The van der Waals surface area contributed by atoms with Crippen molar-refractivity contribution in [2.24, 2.45) is 0 Å². The van der Waals surface area contributed by atoms with E-state index in [-0.39, 0.29) is 11.5 Å². The second-order valence-electron chi connectivity index (χ2n) is 4.89. The van der Waals surface area contributed by atoms with Crippen molar-refractivity contribution in [2.45, 2.75) is 13.8 Å². The van der Waals surface area contributed by atoms with Gasteiger partial charge in [-0.2, -0.15) is 5.26 Å². The SMILES string of the molecule is CNC(=O)/C(C#N)=C\c1cc(C)n(-c2ccc(Br)cc2)c1C. The third-order valence-corrected chi connectivity index (χ3v) is 3.98. The molecule has 1 aromatic carbocycles. The fourth-order valence-electron chi connectivity index (χ4n) is 2.36. The summed E-state index contributed by atoms with van der Waals surface area (Å²) in [7, 11) is 1.51. The molecular formula is C17H16BrN3O. The highest BCUT2D eigenvalue weighted by Gasteiger charge is 2.12. The lowest BCUT2D eigenvalue weighted by Gasteiger charge is -2.09. The van der Waals surface area contributed by atoms with Gasteiger partial charge >= 0.3 is 0 Å². The third-order valence-electron chi connectivity index (χ3n) is 3.45. The number of benzene rings is 1. The number of nitrogens with zero attached hydrogens (tertiary/aromatic N) is 2. The number of hydrogen-bond acceptors (Lipinski definition) is 2. The first kappa shape index (κ1) is 16.1. The standard InChI is InChI=1S/C17H16BrN3O/c1-11-8-13(9-14(10-19)17(22)20-3)12(2)21(11)16-6-4-15(18)5-7-16/h4-9H,1-3H3,(H,20,22)/b14-9-. The van der Waals surface area contributed by atoms with Crippen molar-refractivity contribution in [3.8, 4) is 11.8 Å². The molecule has 0 radical (unpaired) electrons. The number of carbonyl (C=O) groups excluding carboxylic acids is 1. The highest BCUT2D eigenvalue weighted by Crippen LogP contribution is 2.24. The van der Waals surface area contributed by atoms with E-state index in [1.54, 1.807) is 6.08 Å². The molecule has 1 amide bonds. The minimum absolute atomic E-state index is 0.0959. The van der Waals surface area contributed by atoms with Gasteiger partial charge in [-0.1, -0.05) is 15.9 Å². The molecule has 0 saturated heterocycles. The Bertz CT molecular complexity index is 779. The van der Waals surface area contributed by atoms with Gasteiger partial charge in [0.05, 0.1) is 0 Å². The van der Waals surface area contributed by atoms with Gasteiger partial charge in [0.1, 0.15) is 11.6 Å². The molecule has 2 rings (SSSR count). The van der Waals surface area contributed by atoms with Gasteiger partial charge in [0.15, 0.2) is 0 Å². The molecule has 1 aromatic heterocycles. The Morgan fingerprint density at radius 2 is 1.95 bits per heavy atom. The first-order valence-corrected chi connectivity index (χ1v) is 7.56. The van der Waals surface area contributed by atoms with Crippen LogP contribution in [0.5, 0.6) is 0 Å². The van der Waals surface area contributed by atoms with Crippen LogP contribution in [0.4, 0.5) is 0 Å². The molecule has 4 nitrogen and oxygen atoms in total. The van der Waals surface area contributed by atoms with Gasteiger partial charge in [-0.3, -0.25) is 4.79 Å². The summed E-state index contributed by atoms with van der Waals surface area (Å²) in [5.41, 5.74) is 4.02. The van der Waals surface area contributed by atoms with Crippen LogP contribution < -0.4 is 5.32 Å². The number of rotatable bonds is 3. The van der Waals surface area contributed by atoms with Crippen LogP contribution >= 0.6 is 15.9 Å². The molecule has 0 saturated carbocycles. The largest absolute Gasteiger partial charge is 0.354 e. The van der Waals surface area contributed by atoms with Crippen LogP contribution in [0.15, 0.2) is 40.4 Å². The lowest BCUT2D eigenvalue weighted by atomic mass is 10.1. The summed E-state index contributed by atoms with van der Waals surface area (Å²) in [4.78, 5) is 11.6. The molecule has 0 atom stereocenters. The molecule has 0 spiro atoms. The van der Waals surface area contributed by atoms with Gasteiger partial charge in [0.25, 0.3) is 5.91 Å². The van der Waals surface area contributed by atoms with Crippen molar-refractivity contribution in [1.29, 1.82) is 5.26 Å². The smallest absolute Gasteiger partial charge is 0.261 e. The zero-order valence-electron chi connectivity index (χ0n) is 12.6. The van der Waals surface area contributed by atoms with Crippen molar-refractivity contribution in [3.63, 3.8) is 0 Å². The zero-order valence-corrected chi connectivity index (χ0v) is 14.2. The lowest BCUT2D eigenvalue weighted by molar-refractivity contribution is -0.116. The Morgan fingerprint density at radius 3 is 2.50 bits per heavy atom. The molecule has 22 heavy (non-hydrogen) atoms. The van der Waals surface area contributed by atoms with Crippen LogP contribution in [0.2, 0.25) is 0 Å². The Balaban J connectivity index is 2.52. The quantitative estimate of drug-likeness (QED) is 0.674. The Kier molecular flexibility index (Phi) is 4.84. The summed E-state index contributed by atoms with van der Waals surface area (Å²) in [5, 5.41) is 11.6. The van der Waals surface area contributed by atoms with E-state index in [4.69, 9.17) is 5.26 Å². The van der Waals surface area contributed by atoms with E-state index in [0.717, 1.165) is 27.1 Å². The Labute approximate surface area is 138 Å². The summed E-state index contributed by atoms with van der Waals surface area (Å²) in [6.45, 7) is 3.97. The second kappa shape index (κ2) is 6.63. The maximum atomic E-state index is 11.6. The van der Waals surface area contributed by atoms with Crippen LogP contribution in [0.3, 0.4) is 0 Å². The first-order valence-electron chi connectivity index (χ1n) is 6.76. The van der Waals surface area contributed by atoms with Crippen molar-refractivity contribution in [1.82, 2.24) is 9.88 Å². The van der Waals surface area contributed by atoms with Crippen molar-refractivity contribution >= 4 is 27.9 Å². The number of nitrogens with one attached hydrogen (secondary N) is 1. The molecular weight excluding hydrogens is 342 g/mol. The van der Waals surface area contributed by atoms with Crippen LogP contribution in [0.25, 0.3) is 11.8 Å². The number of halogens is 1. The highest BCUT2D eigenvalue weighted by molar-refractivity contribution is 9.10. The number of aromatic nitrogens is 1. The van der Waals surface area contributed by atoms with Gasteiger partial charge in [0.2, 0.25) is 0 Å². The van der Waals surface area contributed by atoms with Gasteiger partial charge in [-0.25, -0.2) is 0 Å². The van der Waals surface area contributed by atoms with E-state index in [1.807, 2.05) is 50.2 Å². The average molecular weight is 358 g/mol. The van der Waals surface area contributed by atoms with Gasteiger partial charge in [-0.05, 0) is 55.8 Å². The van der Waals surface area contributed by atoms with E-state index in [9.17, 15) is 4.79 Å². The van der Waals surface area contributed by atoms with Crippen LogP contribution in [-0.2, 0) is 4.79 Å². The monoisotopic (exact) mass is 357 g/mol. The molecule has 1 N–H and O–H groups in total. The fourth-order valence-corrected chi connectivity index (χ4v) is 2.62. The predicted octanol–water partition coefficient (Wildman–Crippen LogP) is 3.51.